The van der Waals surface area contributed by atoms with Crippen LogP contribution < -0.4 is 4.72 Å². The minimum Gasteiger partial charge on any atom is -0.268 e. The Hall–Kier alpha value is -1.37. The Morgan fingerprint density at radius 2 is 1.96 bits per heavy atom. The predicted molar refractivity (Wildman–Crippen MR) is 96.9 cm³/mol. The van der Waals surface area contributed by atoms with E-state index < -0.39 is 10.0 Å². The van der Waals surface area contributed by atoms with E-state index in [2.05, 4.69) is 23.7 Å². The summed E-state index contributed by atoms with van der Waals surface area (Å²) in [6, 6.07) is 7.11. The van der Waals surface area contributed by atoms with Crippen molar-refractivity contribution in [3.63, 3.8) is 0 Å². The summed E-state index contributed by atoms with van der Waals surface area (Å²) in [7, 11) is -3.47. The first kappa shape index (κ1) is 19.0. The van der Waals surface area contributed by atoms with Crippen molar-refractivity contribution in [2.45, 2.75) is 51.0 Å². The Kier molecular flexibility index (Phi) is 6.43. The summed E-state index contributed by atoms with van der Waals surface area (Å²) in [5, 5.41) is 4.77. The summed E-state index contributed by atoms with van der Waals surface area (Å²) in [4.78, 5) is 0.299. The van der Waals surface area contributed by atoms with Gasteiger partial charge in [-0.2, -0.15) is 5.10 Å². The summed E-state index contributed by atoms with van der Waals surface area (Å²) < 4.78 is 29.0. The standard InChI is InChI=1S/C17H24ClN3O2S/c1-4-13(2)15-6-8-16(9-7-15)24(22,23)20-10-5-11-21-14(3)17(18)12-19-21/h6-9,12-13,20H,4-5,10-11H2,1-3H3. The molecule has 132 valence electrons. The van der Waals surface area contributed by atoms with Crippen molar-refractivity contribution >= 4 is 21.6 Å². The van der Waals surface area contributed by atoms with Gasteiger partial charge in [-0.15, -0.1) is 0 Å². The van der Waals surface area contributed by atoms with Crippen LogP contribution in [0.3, 0.4) is 0 Å². The lowest BCUT2D eigenvalue weighted by Crippen LogP contribution is -2.25. The van der Waals surface area contributed by atoms with Crippen LogP contribution in [-0.4, -0.2) is 24.7 Å². The molecule has 5 nitrogen and oxygen atoms in total. The van der Waals surface area contributed by atoms with E-state index in [1.54, 1.807) is 23.0 Å². The highest BCUT2D eigenvalue weighted by molar-refractivity contribution is 7.89. The molecule has 0 spiro atoms. The largest absolute Gasteiger partial charge is 0.268 e. The summed E-state index contributed by atoms with van der Waals surface area (Å²) in [5.41, 5.74) is 2.04. The van der Waals surface area contributed by atoms with Gasteiger partial charge in [-0.25, -0.2) is 13.1 Å². The van der Waals surface area contributed by atoms with Crippen molar-refractivity contribution in [2.75, 3.05) is 6.54 Å². The quantitative estimate of drug-likeness (QED) is 0.721. The van der Waals surface area contributed by atoms with E-state index in [1.807, 2.05) is 19.1 Å². The highest BCUT2D eigenvalue weighted by Crippen LogP contribution is 2.20. The normalized spacial score (nSPS) is 13.2. The molecule has 1 N–H and O–H groups in total. The smallest absolute Gasteiger partial charge is 0.240 e. The number of aromatic nitrogens is 2. The lowest BCUT2D eigenvalue weighted by Gasteiger charge is -2.11. The van der Waals surface area contributed by atoms with Gasteiger partial charge in [-0.1, -0.05) is 37.6 Å². The molecule has 0 radical (unpaired) electrons. The van der Waals surface area contributed by atoms with E-state index in [0.717, 1.165) is 17.7 Å². The number of nitrogens with one attached hydrogen (secondary N) is 1. The molecular weight excluding hydrogens is 346 g/mol. The number of halogens is 1. The maximum atomic E-state index is 12.3. The number of nitrogens with zero attached hydrogens (tertiary/aromatic N) is 2. The van der Waals surface area contributed by atoms with Gasteiger partial charge in [0, 0.05) is 13.1 Å². The first-order valence-electron chi connectivity index (χ1n) is 8.12. The lowest BCUT2D eigenvalue weighted by molar-refractivity contribution is 0.546. The fourth-order valence-electron chi connectivity index (χ4n) is 2.38. The average Bonchev–Trinajstić information content (AvgIpc) is 2.90. The van der Waals surface area contributed by atoms with Crippen LogP contribution in [-0.2, 0) is 16.6 Å². The second kappa shape index (κ2) is 8.14. The van der Waals surface area contributed by atoms with Crippen molar-refractivity contribution in [1.82, 2.24) is 14.5 Å². The van der Waals surface area contributed by atoms with Gasteiger partial charge in [0.05, 0.1) is 21.8 Å². The van der Waals surface area contributed by atoms with Gasteiger partial charge in [-0.05, 0) is 43.4 Å². The zero-order chi connectivity index (χ0) is 17.7. The molecule has 2 aromatic rings. The third-order valence-electron chi connectivity index (χ3n) is 4.25. The van der Waals surface area contributed by atoms with E-state index in [9.17, 15) is 8.42 Å². The van der Waals surface area contributed by atoms with E-state index >= 15 is 0 Å². The third kappa shape index (κ3) is 4.59. The molecule has 7 heteroatoms. The second-order valence-corrected chi connectivity index (χ2v) is 8.10. The van der Waals surface area contributed by atoms with Gasteiger partial charge in [0.1, 0.15) is 0 Å². The molecule has 0 amide bonds. The molecule has 0 aliphatic rings. The maximum absolute atomic E-state index is 12.3. The topological polar surface area (TPSA) is 64.0 Å². The van der Waals surface area contributed by atoms with Crippen LogP contribution in [0.25, 0.3) is 0 Å². The molecule has 0 aliphatic carbocycles. The lowest BCUT2D eigenvalue weighted by atomic mass is 9.99. The van der Waals surface area contributed by atoms with Crippen LogP contribution in [0.4, 0.5) is 0 Å². The molecule has 24 heavy (non-hydrogen) atoms. The fraction of sp³-hybridized carbons (Fsp3) is 0.471. The molecule has 2 rings (SSSR count). The maximum Gasteiger partial charge on any atom is 0.240 e. The van der Waals surface area contributed by atoms with Gasteiger partial charge in [-0.3, -0.25) is 4.68 Å². The molecule has 1 heterocycles. The molecule has 1 aromatic heterocycles. The Bertz CT molecular complexity index is 770. The Morgan fingerprint density at radius 3 is 2.50 bits per heavy atom. The Balaban J connectivity index is 1.90. The predicted octanol–water partition coefficient (Wildman–Crippen LogP) is 3.73. The van der Waals surface area contributed by atoms with Crippen molar-refractivity contribution in [1.29, 1.82) is 0 Å². The monoisotopic (exact) mass is 369 g/mol. The van der Waals surface area contributed by atoms with Gasteiger partial charge >= 0.3 is 0 Å². The van der Waals surface area contributed by atoms with E-state index in [4.69, 9.17) is 11.6 Å². The molecule has 0 saturated heterocycles. The first-order valence-corrected chi connectivity index (χ1v) is 9.98. The fourth-order valence-corrected chi connectivity index (χ4v) is 3.59. The van der Waals surface area contributed by atoms with Gasteiger partial charge in [0.2, 0.25) is 10.0 Å². The van der Waals surface area contributed by atoms with Crippen molar-refractivity contribution < 1.29 is 8.42 Å². The van der Waals surface area contributed by atoms with Crippen LogP contribution in [0.1, 0.15) is 43.9 Å². The van der Waals surface area contributed by atoms with Crippen LogP contribution in [0.5, 0.6) is 0 Å². The van der Waals surface area contributed by atoms with Crippen molar-refractivity contribution in [2.24, 2.45) is 0 Å². The zero-order valence-corrected chi connectivity index (χ0v) is 15.9. The van der Waals surface area contributed by atoms with Crippen LogP contribution in [0, 0.1) is 6.92 Å². The minimum atomic E-state index is -3.47. The van der Waals surface area contributed by atoms with E-state index in [-0.39, 0.29) is 0 Å². The summed E-state index contributed by atoms with van der Waals surface area (Å²) in [6.45, 7) is 7.11. The minimum absolute atomic E-state index is 0.299. The number of aryl methyl sites for hydroxylation is 1. The molecule has 1 aromatic carbocycles. The highest BCUT2D eigenvalue weighted by atomic mass is 35.5. The van der Waals surface area contributed by atoms with Crippen molar-refractivity contribution in [3.8, 4) is 0 Å². The SMILES string of the molecule is CCC(C)c1ccc(S(=O)(=O)NCCCn2ncc(Cl)c2C)cc1. The Labute approximate surface area is 149 Å². The summed E-state index contributed by atoms with van der Waals surface area (Å²) in [5.74, 6) is 0.429. The first-order chi connectivity index (χ1) is 11.3. The zero-order valence-electron chi connectivity index (χ0n) is 14.3. The molecule has 1 unspecified atom stereocenters. The number of rotatable bonds is 8. The van der Waals surface area contributed by atoms with E-state index in [0.29, 0.717) is 35.3 Å². The van der Waals surface area contributed by atoms with Gasteiger partial charge in [0.25, 0.3) is 0 Å². The van der Waals surface area contributed by atoms with E-state index in [1.165, 1.54) is 0 Å². The third-order valence-corrected chi connectivity index (χ3v) is 6.10. The average molecular weight is 370 g/mol. The van der Waals surface area contributed by atoms with Crippen molar-refractivity contribution in [3.05, 3.63) is 46.7 Å². The van der Waals surface area contributed by atoms with Gasteiger partial charge in [0.15, 0.2) is 0 Å². The molecule has 0 fully saturated rings. The summed E-state index contributed by atoms with van der Waals surface area (Å²) >= 11 is 5.95. The number of benzene rings is 1. The Morgan fingerprint density at radius 1 is 1.29 bits per heavy atom. The highest BCUT2D eigenvalue weighted by Gasteiger charge is 2.14. The summed E-state index contributed by atoms with van der Waals surface area (Å²) in [6.07, 6.45) is 3.27. The van der Waals surface area contributed by atoms with Crippen LogP contribution in [0.2, 0.25) is 5.02 Å². The van der Waals surface area contributed by atoms with Crippen LogP contribution in [0.15, 0.2) is 35.4 Å². The second-order valence-electron chi connectivity index (χ2n) is 5.93. The molecule has 0 bridgehead atoms. The number of hydrogen-bond donors (Lipinski definition) is 1. The molecule has 1 atom stereocenters. The van der Waals surface area contributed by atoms with Crippen LogP contribution >= 0.6 is 11.6 Å². The molecule has 0 aliphatic heterocycles. The number of hydrogen-bond acceptors (Lipinski definition) is 3. The van der Waals surface area contributed by atoms with Gasteiger partial charge < -0.3 is 0 Å². The number of sulfonamides is 1. The molecular formula is C17H24ClN3O2S. The molecule has 0 saturated carbocycles.